The lowest BCUT2D eigenvalue weighted by Crippen LogP contribution is -2.37. The van der Waals surface area contributed by atoms with Crippen LogP contribution in [0, 0.1) is 0 Å². The summed E-state index contributed by atoms with van der Waals surface area (Å²) in [6.45, 7) is 0. The van der Waals surface area contributed by atoms with E-state index in [1.165, 1.54) is 13.2 Å². The van der Waals surface area contributed by atoms with E-state index < -0.39 is 6.04 Å². The highest BCUT2D eigenvalue weighted by Gasteiger charge is 2.35. The fourth-order valence-electron chi connectivity index (χ4n) is 3.05. The Morgan fingerprint density at radius 3 is 2.33 bits per heavy atom. The Hall–Kier alpha value is -2.88. The molecule has 3 rings (SSSR count). The molecule has 1 aliphatic rings. The van der Waals surface area contributed by atoms with E-state index in [4.69, 9.17) is 4.74 Å². The van der Waals surface area contributed by atoms with Gasteiger partial charge in [-0.15, -0.1) is 0 Å². The van der Waals surface area contributed by atoms with Crippen LogP contribution in [-0.2, 0) is 14.3 Å². The summed E-state index contributed by atoms with van der Waals surface area (Å²) in [5.41, 5.74) is 1.84. The Labute approximate surface area is 141 Å². The van der Waals surface area contributed by atoms with E-state index in [2.05, 4.69) is 0 Å². The van der Waals surface area contributed by atoms with Crippen molar-refractivity contribution in [2.24, 2.45) is 0 Å². The van der Waals surface area contributed by atoms with Gasteiger partial charge in [-0.2, -0.15) is 0 Å². The lowest BCUT2D eigenvalue weighted by Gasteiger charge is -2.38. The number of nitrogens with zero attached hydrogens (tertiary/aromatic N) is 1. The topological polar surface area (TPSA) is 46.6 Å². The van der Waals surface area contributed by atoms with Crippen molar-refractivity contribution in [3.8, 4) is 0 Å². The van der Waals surface area contributed by atoms with Crippen LogP contribution in [0.25, 0.3) is 0 Å². The van der Waals surface area contributed by atoms with Crippen LogP contribution >= 0.6 is 0 Å². The van der Waals surface area contributed by atoms with Gasteiger partial charge in [-0.3, -0.25) is 4.79 Å². The summed E-state index contributed by atoms with van der Waals surface area (Å²) in [6.07, 6.45) is 3.57. The molecule has 0 amide bonds. The van der Waals surface area contributed by atoms with Gasteiger partial charge in [0.2, 0.25) is 0 Å². The second-order valence-corrected chi connectivity index (χ2v) is 5.70. The van der Waals surface area contributed by atoms with E-state index in [1.807, 2.05) is 65.6 Å². The number of allylic oxidation sites excluding steroid dienone is 1. The van der Waals surface area contributed by atoms with Gasteiger partial charge in [-0.05, 0) is 17.2 Å². The maximum absolute atomic E-state index is 12.5. The van der Waals surface area contributed by atoms with Crippen molar-refractivity contribution < 1.29 is 14.3 Å². The molecule has 0 aromatic heterocycles. The first-order valence-electron chi connectivity index (χ1n) is 7.87. The molecule has 0 saturated heterocycles. The minimum absolute atomic E-state index is 0.0526. The Kier molecular flexibility index (Phi) is 4.75. The zero-order valence-electron chi connectivity index (χ0n) is 13.5. The Bertz CT molecular complexity index is 740. The first kappa shape index (κ1) is 16.0. The number of esters is 1. The second kappa shape index (κ2) is 7.13. The summed E-state index contributed by atoms with van der Waals surface area (Å²) < 4.78 is 5.03. The van der Waals surface area contributed by atoms with Gasteiger partial charge in [-0.25, -0.2) is 4.79 Å². The zero-order valence-corrected chi connectivity index (χ0v) is 13.5. The molecular weight excluding hydrogens is 302 g/mol. The molecule has 2 atom stereocenters. The number of carbonyl (C=O) groups excluding carboxylic acids is 2. The largest absolute Gasteiger partial charge is 0.467 e. The minimum Gasteiger partial charge on any atom is -0.467 e. The SMILES string of the molecule is COC(=O)[C@H](c1ccccc1)N1C=CC(=O)C[C@H]1c1ccccc1. The van der Waals surface area contributed by atoms with Crippen LogP contribution in [-0.4, -0.2) is 23.8 Å². The lowest BCUT2D eigenvalue weighted by atomic mass is 9.93. The van der Waals surface area contributed by atoms with Gasteiger partial charge in [0.25, 0.3) is 0 Å². The molecule has 0 N–H and O–H groups in total. The van der Waals surface area contributed by atoms with E-state index in [9.17, 15) is 9.59 Å². The van der Waals surface area contributed by atoms with Crippen LogP contribution in [0.2, 0.25) is 0 Å². The molecule has 4 nitrogen and oxygen atoms in total. The highest BCUT2D eigenvalue weighted by Crippen LogP contribution is 2.36. The molecule has 0 fully saturated rings. The van der Waals surface area contributed by atoms with Crippen LogP contribution in [0.1, 0.15) is 29.6 Å². The number of hydrogen-bond donors (Lipinski definition) is 0. The summed E-state index contributed by atoms with van der Waals surface area (Å²) in [6, 6.07) is 18.4. The van der Waals surface area contributed by atoms with Gasteiger partial charge >= 0.3 is 5.97 Å². The normalized spacial score (nSPS) is 18.3. The minimum atomic E-state index is -0.592. The number of ketones is 1. The van der Waals surface area contributed by atoms with Gasteiger partial charge in [-0.1, -0.05) is 60.7 Å². The third kappa shape index (κ3) is 3.23. The molecule has 4 heteroatoms. The quantitative estimate of drug-likeness (QED) is 0.810. The Morgan fingerprint density at radius 1 is 1.08 bits per heavy atom. The maximum atomic E-state index is 12.5. The first-order valence-corrected chi connectivity index (χ1v) is 7.87. The Balaban J connectivity index is 2.05. The van der Waals surface area contributed by atoms with Crippen LogP contribution < -0.4 is 0 Å². The van der Waals surface area contributed by atoms with Crippen molar-refractivity contribution in [1.82, 2.24) is 4.90 Å². The molecule has 1 aliphatic heterocycles. The van der Waals surface area contributed by atoms with Crippen LogP contribution in [0.15, 0.2) is 72.9 Å². The summed E-state index contributed by atoms with van der Waals surface area (Å²) in [5, 5.41) is 0. The smallest absolute Gasteiger partial charge is 0.333 e. The number of methoxy groups -OCH3 is 1. The van der Waals surface area contributed by atoms with E-state index in [-0.39, 0.29) is 17.8 Å². The molecule has 2 aromatic rings. The standard InChI is InChI=1S/C20H19NO3/c1-24-20(23)19(16-10-6-3-7-11-16)21-13-12-17(22)14-18(21)15-8-4-2-5-9-15/h2-13,18-19H,14H2,1H3/t18-,19-/m0/s1. The molecule has 2 aromatic carbocycles. The van der Waals surface area contributed by atoms with Crippen LogP contribution in [0.3, 0.4) is 0 Å². The molecule has 0 radical (unpaired) electrons. The predicted molar refractivity (Wildman–Crippen MR) is 91.0 cm³/mol. The average Bonchev–Trinajstić information content (AvgIpc) is 2.64. The van der Waals surface area contributed by atoms with E-state index in [0.29, 0.717) is 6.42 Å². The van der Waals surface area contributed by atoms with Crippen molar-refractivity contribution in [1.29, 1.82) is 0 Å². The van der Waals surface area contributed by atoms with Crippen LogP contribution in [0.4, 0.5) is 0 Å². The molecule has 0 unspecified atom stereocenters. The Morgan fingerprint density at radius 2 is 1.71 bits per heavy atom. The summed E-state index contributed by atoms with van der Waals surface area (Å²) in [4.78, 5) is 26.4. The predicted octanol–water partition coefficient (Wildman–Crippen LogP) is 3.43. The highest BCUT2D eigenvalue weighted by atomic mass is 16.5. The molecule has 24 heavy (non-hydrogen) atoms. The summed E-state index contributed by atoms with van der Waals surface area (Å²) in [5.74, 6) is -0.294. The van der Waals surface area contributed by atoms with Gasteiger partial charge < -0.3 is 9.64 Å². The number of benzene rings is 2. The second-order valence-electron chi connectivity index (χ2n) is 5.70. The third-order valence-corrected chi connectivity index (χ3v) is 4.21. The number of ether oxygens (including phenoxy) is 1. The molecule has 0 saturated carbocycles. The van der Waals surface area contributed by atoms with Crippen molar-refractivity contribution in [3.05, 3.63) is 84.1 Å². The molecule has 1 heterocycles. The van der Waals surface area contributed by atoms with Crippen molar-refractivity contribution in [3.63, 3.8) is 0 Å². The third-order valence-electron chi connectivity index (χ3n) is 4.21. The number of hydrogen-bond acceptors (Lipinski definition) is 4. The van der Waals surface area contributed by atoms with Gasteiger partial charge in [0.05, 0.1) is 13.2 Å². The van der Waals surface area contributed by atoms with Gasteiger partial charge in [0, 0.05) is 12.6 Å². The van der Waals surface area contributed by atoms with Gasteiger partial charge in [0.1, 0.15) is 0 Å². The van der Waals surface area contributed by atoms with E-state index in [0.717, 1.165) is 11.1 Å². The molecule has 122 valence electrons. The van der Waals surface area contributed by atoms with Crippen molar-refractivity contribution in [2.75, 3.05) is 7.11 Å². The molecule has 0 spiro atoms. The van der Waals surface area contributed by atoms with E-state index >= 15 is 0 Å². The van der Waals surface area contributed by atoms with Crippen molar-refractivity contribution >= 4 is 11.8 Å². The fourth-order valence-corrected chi connectivity index (χ4v) is 3.05. The number of carbonyl (C=O) groups is 2. The molecule has 0 aliphatic carbocycles. The van der Waals surface area contributed by atoms with Crippen molar-refractivity contribution in [2.45, 2.75) is 18.5 Å². The fraction of sp³-hybridized carbons (Fsp3) is 0.200. The van der Waals surface area contributed by atoms with E-state index in [1.54, 1.807) is 6.20 Å². The first-order chi connectivity index (χ1) is 11.7. The van der Waals surface area contributed by atoms with Gasteiger partial charge in [0.15, 0.2) is 11.8 Å². The summed E-state index contributed by atoms with van der Waals surface area (Å²) >= 11 is 0. The summed E-state index contributed by atoms with van der Waals surface area (Å²) in [7, 11) is 1.38. The highest BCUT2D eigenvalue weighted by molar-refractivity contribution is 5.91. The molecule has 0 bridgehead atoms. The molecular formula is C20H19NO3. The monoisotopic (exact) mass is 321 g/mol. The lowest BCUT2D eigenvalue weighted by molar-refractivity contribution is -0.147. The van der Waals surface area contributed by atoms with Crippen LogP contribution in [0.5, 0.6) is 0 Å². The average molecular weight is 321 g/mol. The number of rotatable bonds is 4. The maximum Gasteiger partial charge on any atom is 0.333 e. The zero-order chi connectivity index (χ0) is 16.9.